The Morgan fingerprint density at radius 1 is 1.10 bits per heavy atom. The number of nitrogens with two attached hydrogens (primary N) is 1. The van der Waals surface area contributed by atoms with Gasteiger partial charge in [-0.05, 0) is 17.7 Å². The van der Waals surface area contributed by atoms with E-state index in [4.69, 9.17) is 17.3 Å². The van der Waals surface area contributed by atoms with Gasteiger partial charge in [0.05, 0.1) is 6.10 Å². The van der Waals surface area contributed by atoms with E-state index in [0.717, 1.165) is 12.1 Å². The fourth-order valence-electron chi connectivity index (χ4n) is 2.16. The Hall–Kier alpha value is -1.49. The van der Waals surface area contributed by atoms with Crippen molar-refractivity contribution in [2.75, 3.05) is 6.54 Å². The number of hydrogen-bond donors (Lipinski definition) is 2. The topological polar surface area (TPSA) is 46.2 Å². The van der Waals surface area contributed by atoms with Crippen molar-refractivity contribution in [3.8, 4) is 0 Å². The molecule has 20 heavy (non-hydrogen) atoms. The van der Waals surface area contributed by atoms with E-state index in [1.54, 1.807) is 24.3 Å². The highest BCUT2D eigenvalue weighted by molar-refractivity contribution is 6.31. The minimum atomic E-state index is -1.19. The largest absolute Gasteiger partial charge is 0.388 e. The lowest BCUT2D eigenvalue weighted by atomic mass is 9.89. The summed E-state index contributed by atoms with van der Waals surface area (Å²) in [6.45, 7) is 0.0850. The number of aliphatic hydroxyl groups is 1. The molecular weight excluding hydrogens is 284 g/mol. The van der Waals surface area contributed by atoms with Gasteiger partial charge in [-0.2, -0.15) is 0 Å². The molecule has 0 aromatic heterocycles. The molecule has 2 rings (SSSR count). The van der Waals surface area contributed by atoms with Crippen LogP contribution in [0.25, 0.3) is 0 Å². The molecule has 0 bridgehead atoms. The van der Waals surface area contributed by atoms with E-state index in [0.29, 0.717) is 10.6 Å². The summed E-state index contributed by atoms with van der Waals surface area (Å²) in [5, 5.41) is 10.8. The predicted octanol–water partition coefficient (Wildman–Crippen LogP) is 3.39. The van der Waals surface area contributed by atoms with E-state index in [1.807, 2.05) is 0 Å². The molecule has 0 amide bonds. The summed E-state index contributed by atoms with van der Waals surface area (Å²) in [4.78, 5) is 0. The maximum Gasteiger partial charge on any atom is 0.131 e. The van der Waals surface area contributed by atoms with E-state index >= 15 is 0 Å². The van der Waals surface area contributed by atoms with Crippen molar-refractivity contribution >= 4 is 11.6 Å². The van der Waals surface area contributed by atoms with Gasteiger partial charge in [0.2, 0.25) is 0 Å². The number of benzene rings is 2. The molecule has 2 aromatic rings. The molecule has 0 radical (unpaired) electrons. The SMILES string of the molecule is NCC(c1ccccc1Cl)C(O)c1ccc(F)cc1F. The van der Waals surface area contributed by atoms with Gasteiger partial charge in [0.15, 0.2) is 0 Å². The van der Waals surface area contributed by atoms with Crippen LogP contribution in [0.2, 0.25) is 5.02 Å². The number of hydrogen-bond acceptors (Lipinski definition) is 2. The highest BCUT2D eigenvalue weighted by Crippen LogP contribution is 2.35. The summed E-state index contributed by atoms with van der Waals surface area (Å²) in [6.07, 6.45) is -1.19. The first-order valence-electron chi connectivity index (χ1n) is 6.12. The molecule has 5 heteroatoms. The third-order valence-corrected chi connectivity index (χ3v) is 3.57. The molecule has 2 atom stereocenters. The Labute approximate surface area is 120 Å². The summed E-state index contributed by atoms with van der Waals surface area (Å²) in [5.74, 6) is -2.06. The third-order valence-electron chi connectivity index (χ3n) is 3.22. The van der Waals surface area contributed by atoms with Crippen molar-refractivity contribution in [2.24, 2.45) is 5.73 Å². The summed E-state index contributed by atoms with van der Waals surface area (Å²) < 4.78 is 26.7. The van der Waals surface area contributed by atoms with Crippen LogP contribution in [0.4, 0.5) is 8.78 Å². The van der Waals surface area contributed by atoms with Crippen molar-refractivity contribution in [2.45, 2.75) is 12.0 Å². The highest BCUT2D eigenvalue weighted by atomic mass is 35.5. The Morgan fingerprint density at radius 2 is 1.80 bits per heavy atom. The first-order chi connectivity index (χ1) is 9.54. The Kier molecular flexibility index (Phi) is 4.70. The van der Waals surface area contributed by atoms with Gasteiger partial charge in [0, 0.05) is 29.1 Å². The Bertz CT molecular complexity index is 606. The molecule has 2 aromatic carbocycles. The summed E-state index contributed by atoms with van der Waals surface area (Å²) in [7, 11) is 0. The molecular formula is C15H14ClF2NO. The summed E-state index contributed by atoms with van der Waals surface area (Å²) in [6, 6.07) is 9.97. The van der Waals surface area contributed by atoms with Crippen LogP contribution in [0, 0.1) is 11.6 Å². The van der Waals surface area contributed by atoms with Crippen LogP contribution in [-0.2, 0) is 0 Å². The van der Waals surface area contributed by atoms with E-state index in [-0.39, 0.29) is 12.1 Å². The Morgan fingerprint density at radius 3 is 2.40 bits per heavy atom. The van der Waals surface area contributed by atoms with Gasteiger partial charge < -0.3 is 10.8 Å². The Balaban J connectivity index is 2.39. The summed E-state index contributed by atoms with van der Waals surface area (Å²) in [5.41, 5.74) is 6.31. The van der Waals surface area contributed by atoms with Crippen molar-refractivity contribution in [3.63, 3.8) is 0 Å². The van der Waals surface area contributed by atoms with Crippen molar-refractivity contribution in [1.29, 1.82) is 0 Å². The molecule has 0 saturated heterocycles. The zero-order valence-corrected chi connectivity index (χ0v) is 11.3. The van der Waals surface area contributed by atoms with Crippen LogP contribution >= 0.6 is 11.6 Å². The molecule has 0 saturated carbocycles. The van der Waals surface area contributed by atoms with Crippen LogP contribution in [0.3, 0.4) is 0 Å². The zero-order chi connectivity index (χ0) is 14.7. The monoisotopic (exact) mass is 297 g/mol. The lowest BCUT2D eigenvalue weighted by Gasteiger charge is -2.23. The lowest BCUT2D eigenvalue weighted by molar-refractivity contribution is 0.143. The second kappa shape index (κ2) is 6.31. The van der Waals surface area contributed by atoms with E-state index in [1.165, 1.54) is 6.07 Å². The molecule has 2 nitrogen and oxygen atoms in total. The second-order valence-electron chi connectivity index (χ2n) is 4.47. The van der Waals surface area contributed by atoms with Crippen molar-refractivity contribution < 1.29 is 13.9 Å². The molecule has 106 valence electrons. The van der Waals surface area contributed by atoms with E-state index in [2.05, 4.69) is 0 Å². The highest BCUT2D eigenvalue weighted by Gasteiger charge is 2.25. The maximum absolute atomic E-state index is 13.7. The normalized spacial score (nSPS) is 14.1. The average Bonchev–Trinajstić information content (AvgIpc) is 2.41. The maximum atomic E-state index is 13.7. The van der Waals surface area contributed by atoms with Crippen molar-refractivity contribution in [1.82, 2.24) is 0 Å². The molecule has 3 N–H and O–H groups in total. The van der Waals surface area contributed by atoms with Crippen LogP contribution < -0.4 is 5.73 Å². The molecule has 0 aliphatic heterocycles. The number of aliphatic hydroxyl groups excluding tert-OH is 1. The molecule has 0 heterocycles. The zero-order valence-electron chi connectivity index (χ0n) is 10.6. The van der Waals surface area contributed by atoms with Gasteiger partial charge >= 0.3 is 0 Å². The fourth-order valence-corrected chi connectivity index (χ4v) is 2.44. The standard InChI is InChI=1S/C15H14ClF2NO/c16-13-4-2-1-3-10(13)12(8-19)15(20)11-6-5-9(17)7-14(11)18/h1-7,12,15,20H,8,19H2. The van der Waals surface area contributed by atoms with Gasteiger partial charge in [-0.3, -0.25) is 0 Å². The minimum Gasteiger partial charge on any atom is -0.388 e. The molecule has 0 aliphatic carbocycles. The van der Waals surface area contributed by atoms with E-state index in [9.17, 15) is 13.9 Å². The van der Waals surface area contributed by atoms with Crippen LogP contribution in [0.5, 0.6) is 0 Å². The van der Waals surface area contributed by atoms with Gasteiger partial charge in [-0.1, -0.05) is 35.9 Å². The number of rotatable bonds is 4. The van der Waals surface area contributed by atoms with Crippen LogP contribution in [-0.4, -0.2) is 11.7 Å². The third kappa shape index (κ3) is 2.98. The second-order valence-corrected chi connectivity index (χ2v) is 4.88. The first-order valence-corrected chi connectivity index (χ1v) is 6.50. The van der Waals surface area contributed by atoms with Gasteiger partial charge in [0.1, 0.15) is 11.6 Å². The minimum absolute atomic E-state index is 0.00164. The van der Waals surface area contributed by atoms with Gasteiger partial charge in [-0.25, -0.2) is 8.78 Å². The quantitative estimate of drug-likeness (QED) is 0.908. The van der Waals surface area contributed by atoms with Crippen LogP contribution in [0.15, 0.2) is 42.5 Å². The van der Waals surface area contributed by atoms with Crippen molar-refractivity contribution in [3.05, 3.63) is 70.2 Å². The first kappa shape index (κ1) is 14.9. The average molecular weight is 298 g/mol. The predicted molar refractivity (Wildman–Crippen MR) is 74.6 cm³/mol. The van der Waals surface area contributed by atoms with Gasteiger partial charge in [-0.15, -0.1) is 0 Å². The number of halogens is 3. The molecule has 0 spiro atoms. The lowest BCUT2D eigenvalue weighted by Crippen LogP contribution is -2.21. The smallest absolute Gasteiger partial charge is 0.131 e. The fraction of sp³-hybridized carbons (Fsp3) is 0.200. The summed E-state index contributed by atoms with van der Waals surface area (Å²) >= 11 is 6.07. The molecule has 2 unspecified atom stereocenters. The van der Waals surface area contributed by atoms with Crippen LogP contribution in [0.1, 0.15) is 23.1 Å². The molecule has 0 fully saturated rings. The van der Waals surface area contributed by atoms with Gasteiger partial charge in [0.25, 0.3) is 0 Å². The van der Waals surface area contributed by atoms with E-state index < -0.39 is 23.7 Å². The molecule has 0 aliphatic rings.